The highest BCUT2D eigenvalue weighted by atomic mass is 16.2. The van der Waals surface area contributed by atoms with E-state index >= 15 is 0 Å². The third-order valence-corrected chi connectivity index (χ3v) is 5.68. The fourth-order valence-corrected chi connectivity index (χ4v) is 4.28. The minimum Gasteiger partial charge on any atom is -0.351 e. The molecule has 0 radical (unpaired) electrons. The Labute approximate surface area is 145 Å². The van der Waals surface area contributed by atoms with E-state index in [4.69, 9.17) is 0 Å². The number of nitrogens with zero attached hydrogens (tertiary/aromatic N) is 2. The number of carbonyl (C=O) groups is 3. The highest BCUT2D eigenvalue weighted by molar-refractivity contribution is 6.07. The molecule has 1 aromatic heterocycles. The zero-order valence-electron chi connectivity index (χ0n) is 14.3. The lowest BCUT2D eigenvalue weighted by Gasteiger charge is -2.35. The first-order valence-corrected chi connectivity index (χ1v) is 8.92. The van der Waals surface area contributed by atoms with E-state index in [9.17, 15) is 14.4 Å². The number of carbonyl (C=O) groups excluding carboxylic acids is 3. The van der Waals surface area contributed by atoms with E-state index in [1.54, 1.807) is 0 Å². The van der Waals surface area contributed by atoms with Crippen molar-refractivity contribution in [3.8, 4) is 0 Å². The van der Waals surface area contributed by atoms with Gasteiger partial charge in [-0.05, 0) is 39.0 Å². The molecule has 1 spiro atoms. The maximum Gasteiger partial charge on any atom is 0.322 e. The number of rotatable bonds is 2. The number of aryl methyl sites for hydroxylation is 2. The van der Waals surface area contributed by atoms with E-state index in [1.807, 2.05) is 13.1 Å². The van der Waals surface area contributed by atoms with Crippen molar-refractivity contribution in [3.05, 3.63) is 17.7 Å². The number of hydrogen-bond acceptors (Lipinski definition) is 4. The largest absolute Gasteiger partial charge is 0.351 e. The number of imidazole rings is 1. The van der Waals surface area contributed by atoms with Crippen LogP contribution < -0.4 is 16.0 Å². The summed E-state index contributed by atoms with van der Waals surface area (Å²) in [6, 6.07) is -0.305. The molecule has 1 saturated heterocycles. The number of aromatic nitrogens is 2. The fourth-order valence-electron chi connectivity index (χ4n) is 4.28. The molecule has 3 N–H and O–H groups in total. The van der Waals surface area contributed by atoms with Crippen LogP contribution >= 0.6 is 0 Å². The second-order valence-electron chi connectivity index (χ2n) is 7.46. The predicted octanol–water partition coefficient (Wildman–Crippen LogP) is 0.391. The minimum absolute atomic E-state index is 0.0601. The normalized spacial score (nSPS) is 31.4. The standard InChI is InChI=1S/C17H23N5O3/c1-10-8-22-9-12(2-3-13(22)18-10)19-14(23)11-4-6-17(7-5-11)15(24)20-16(25)21-17/h8,11-12H,2-7,9H2,1H3,(H,19,23)(H2,20,21,24,25). The smallest absolute Gasteiger partial charge is 0.322 e. The summed E-state index contributed by atoms with van der Waals surface area (Å²) in [6.07, 6.45) is 6.05. The van der Waals surface area contributed by atoms with Crippen molar-refractivity contribution in [1.29, 1.82) is 0 Å². The Morgan fingerprint density at radius 1 is 1.32 bits per heavy atom. The van der Waals surface area contributed by atoms with Crippen LogP contribution in [0.1, 0.15) is 43.6 Å². The summed E-state index contributed by atoms with van der Waals surface area (Å²) in [7, 11) is 0. The quantitative estimate of drug-likeness (QED) is 0.674. The van der Waals surface area contributed by atoms with Gasteiger partial charge in [0.1, 0.15) is 11.4 Å². The van der Waals surface area contributed by atoms with Gasteiger partial charge < -0.3 is 15.2 Å². The maximum absolute atomic E-state index is 12.6. The van der Waals surface area contributed by atoms with Crippen LogP contribution in [0.4, 0.5) is 4.79 Å². The summed E-state index contributed by atoms with van der Waals surface area (Å²) < 4.78 is 2.12. The minimum atomic E-state index is -0.804. The van der Waals surface area contributed by atoms with Crippen LogP contribution in [-0.2, 0) is 22.6 Å². The first kappa shape index (κ1) is 16.1. The van der Waals surface area contributed by atoms with E-state index in [-0.39, 0.29) is 23.8 Å². The second-order valence-corrected chi connectivity index (χ2v) is 7.46. The molecule has 4 rings (SSSR count). The molecular weight excluding hydrogens is 322 g/mol. The fraction of sp³-hybridized carbons (Fsp3) is 0.647. The van der Waals surface area contributed by atoms with Gasteiger partial charge in [-0.3, -0.25) is 14.9 Å². The van der Waals surface area contributed by atoms with Gasteiger partial charge >= 0.3 is 6.03 Å². The Morgan fingerprint density at radius 3 is 2.76 bits per heavy atom. The zero-order chi connectivity index (χ0) is 17.6. The maximum atomic E-state index is 12.6. The molecule has 3 aliphatic rings. The first-order chi connectivity index (χ1) is 11.9. The van der Waals surface area contributed by atoms with Gasteiger partial charge in [-0.2, -0.15) is 0 Å². The molecule has 4 amide bonds. The molecule has 0 aromatic carbocycles. The molecule has 8 heteroatoms. The van der Waals surface area contributed by atoms with Crippen LogP contribution in [0, 0.1) is 12.8 Å². The Balaban J connectivity index is 1.33. The van der Waals surface area contributed by atoms with Gasteiger partial charge in [-0.1, -0.05) is 0 Å². The number of nitrogens with one attached hydrogen (secondary N) is 3. The SMILES string of the molecule is Cc1cn2c(n1)CCC(NC(=O)C1CCC3(CC1)NC(=O)NC3=O)C2. The number of urea groups is 1. The molecular formula is C17H23N5O3. The summed E-state index contributed by atoms with van der Waals surface area (Å²) >= 11 is 0. The molecule has 2 aliphatic heterocycles. The number of hydrogen-bond donors (Lipinski definition) is 3. The van der Waals surface area contributed by atoms with Crippen LogP contribution in [0.3, 0.4) is 0 Å². The average Bonchev–Trinajstić information content (AvgIpc) is 3.06. The second kappa shape index (κ2) is 5.86. The Morgan fingerprint density at radius 2 is 2.08 bits per heavy atom. The van der Waals surface area contributed by atoms with Crippen LogP contribution in [0.2, 0.25) is 0 Å². The molecule has 134 valence electrons. The lowest BCUT2D eigenvalue weighted by molar-refractivity contribution is -0.131. The Hall–Kier alpha value is -2.38. The summed E-state index contributed by atoms with van der Waals surface area (Å²) in [5.74, 6) is 0.795. The van der Waals surface area contributed by atoms with Crippen molar-refractivity contribution >= 4 is 17.8 Å². The van der Waals surface area contributed by atoms with Crippen molar-refractivity contribution in [2.75, 3.05) is 0 Å². The summed E-state index contributed by atoms with van der Waals surface area (Å²) in [5, 5.41) is 8.19. The summed E-state index contributed by atoms with van der Waals surface area (Å²) in [4.78, 5) is 40.4. The number of imide groups is 1. The van der Waals surface area contributed by atoms with Gasteiger partial charge in [0.15, 0.2) is 0 Å². The molecule has 1 unspecified atom stereocenters. The average molecular weight is 345 g/mol. The van der Waals surface area contributed by atoms with E-state index in [1.165, 1.54) is 0 Å². The Bertz CT molecular complexity index is 733. The number of fused-ring (bicyclic) bond motifs is 1. The van der Waals surface area contributed by atoms with Gasteiger partial charge in [-0.15, -0.1) is 0 Å². The van der Waals surface area contributed by atoms with Crippen LogP contribution in [0.25, 0.3) is 0 Å². The predicted molar refractivity (Wildman–Crippen MR) is 88.6 cm³/mol. The topological polar surface area (TPSA) is 105 Å². The van der Waals surface area contributed by atoms with Crippen molar-refractivity contribution in [2.24, 2.45) is 5.92 Å². The van der Waals surface area contributed by atoms with Crippen LogP contribution in [0.15, 0.2) is 6.20 Å². The monoisotopic (exact) mass is 345 g/mol. The van der Waals surface area contributed by atoms with E-state index in [0.29, 0.717) is 25.7 Å². The lowest BCUT2D eigenvalue weighted by atomic mass is 9.76. The molecule has 1 atom stereocenters. The lowest BCUT2D eigenvalue weighted by Crippen LogP contribution is -2.51. The summed E-state index contributed by atoms with van der Waals surface area (Å²) in [5.41, 5.74) is 0.207. The molecule has 25 heavy (non-hydrogen) atoms. The number of amides is 4. The molecule has 2 fully saturated rings. The third-order valence-electron chi connectivity index (χ3n) is 5.68. The highest BCUT2D eigenvalue weighted by Gasteiger charge is 2.49. The highest BCUT2D eigenvalue weighted by Crippen LogP contribution is 2.34. The molecule has 3 heterocycles. The third kappa shape index (κ3) is 2.89. The van der Waals surface area contributed by atoms with Gasteiger partial charge in [-0.25, -0.2) is 9.78 Å². The van der Waals surface area contributed by atoms with E-state index in [2.05, 4.69) is 25.5 Å². The molecule has 1 aliphatic carbocycles. The van der Waals surface area contributed by atoms with Gasteiger partial charge in [0.25, 0.3) is 5.91 Å². The van der Waals surface area contributed by atoms with Crippen LogP contribution in [-0.4, -0.2) is 39.0 Å². The Kier molecular flexibility index (Phi) is 3.77. The van der Waals surface area contributed by atoms with Gasteiger partial charge in [0.05, 0.1) is 5.69 Å². The molecule has 0 bridgehead atoms. The van der Waals surface area contributed by atoms with Gasteiger partial charge in [0, 0.05) is 31.1 Å². The molecule has 8 nitrogen and oxygen atoms in total. The van der Waals surface area contributed by atoms with Crippen molar-refractivity contribution in [3.63, 3.8) is 0 Å². The van der Waals surface area contributed by atoms with Crippen molar-refractivity contribution in [2.45, 2.75) is 63.6 Å². The van der Waals surface area contributed by atoms with Crippen LogP contribution in [0.5, 0.6) is 0 Å². The van der Waals surface area contributed by atoms with E-state index < -0.39 is 11.6 Å². The molecule has 1 aromatic rings. The van der Waals surface area contributed by atoms with E-state index in [0.717, 1.165) is 30.9 Å². The van der Waals surface area contributed by atoms with Gasteiger partial charge in [0.2, 0.25) is 5.91 Å². The van der Waals surface area contributed by atoms with Crippen molar-refractivity contribution in [1.82, 2.24) is 25.5 Å². The first-order valence-electron chi connectivity index (χ1n) is 8.92. The zero-order valence-corrected chi connectivity index (χ0v) is 14.3. The van der Waals surface area contributed by atoms with Crippen molar-refractivity contribution < 1.29 is 14.4 Å². The summed E-state index contributed by atoms with van der Waals surface area (Å²) in [6.45, 7) is 2.74. The molecule has 1 saturated carbocycles.